The van der Waals surface area contributed by atoms with Crippen LogP contribution in [0.5, 0.6) is 0 Å². The molecular weight excluding hydrogens is 370 g/mol. The van der Waals surface area contributed by atoms with Gasteiger partial charge in [0, 0.05) is 37.2 Å². The number of rotatable bonds is 6. The number of carbonyl (C=O) groups is 1. The van der Waals surface area contributed by atoms with E-state index in [1.165, 1.54) is 0 Å². The van der Waals surface area contributed by atoms with Crippen LogP contribution in [-0.4, -0.2) is 31.3 Å². The van der Waals surface area contributed by atoms with Crippen molar-refractivity contribution in [1.29, 1.82) is 0 Å². The first-order chi connectivity index (χ1) is 12.5. The third kappa shape index (κ3) is 4.27. The molecule has 0 saturated carbocycles. The number of sulfonamides is 1. The Morgan fingerprint density at radius 2 is 1.81 bits per heavy atom. The number of hydrogen-bond donors (Lipinski definition) is 1. The third-order valence-corrected chi connectivity index (χ3v) is 6.44. The lowest BCUT2D eigenvalue weighted by Crippen LogP contribution is -2.26. The van der Waals surface area contributed by atoms with Crippen molar-refractivity contribution in [2.24, 2.45) is 0 Å². The molecule has 0 fully saturated rings. The highest BCUT2D eigenvalue weighted by Gasteiger charge is 2.16. The highest BCUT2D eigenvalue weighted by Crippen LogP contribution is 2.20. The zero-order valence-electron chi connectivity index (χ0n) is 14.0. The molecule has 1 amide bonds. The van der Waals surface area contributed by atoms with Crippen molar-refractivity contribution in [1.82, 2.24) is 9.88 Å². The van der Waals surface area contributed by atoms with Crippen LogP contribution in [-0.2, 0) is 16.6 Å². The first-order valence-corrected chi connectivity index (χ1v) is 10.1. The molecule has 3 rings (SSSR count). The summed E-state index contributed by atoms with van der Waals surface area (Å²) in [5.41, 5.74) is 1.88. The molecule has 2 heterocycles. The second-order valence-electron chi connectivity index (χ2n) is 5.63. The van der Waals surface area contributed by atoms with E-state index in [2.05, 4.69) is 9.71 Å². The minimum Gasteiger partial charge on any atom is -0.337 e. The van der Waals surface area contributed by atoms with Gasteiger partial charge in [0.25, 0.3) is 15.9 Å². The molecule has 6 nitrogen and oxygen atoms in total. The summed E-state index contributed by atoms with van der Waals surface area (Å²) >= 11 is 1.15. The lowest BCUT2D eigenvalue weighted by molar-refractivity contribution is 0.0785. The number of amides is 1. The number of aromatic nitrogens is 1. The smallest absolute Gasteiger partial charge is 0.271 e. The van der Waals surface area contributed by atoms with Crippen LogP contribution in [0.4, 0.5) is 5.69 Å². The molecule has 3 aromatic rings. The van der Waals surface area contributed by atoms with Crippen molar-refractivity contribution in [3.63, 3.8) is 0 Å². The van der Waals surface area contributed by atoms with Crippen molar-refractivity contribution < 1.29 is 13.2 Å². The largest absolute Gasteiger partial charge is 0.337 e. The first kappa shape index (κ1) is 18.1. The molecule has 0 bridgehead atoms. The fourth-order valence-corrected chi connectivity index (χ4v) is 4.41. The molecule has 0 saturated heterocycles. The molecule has 0 atom stereocenters. The van der Waals surface area contributed by atoms with E-state index in [-0.39, 0.29) is 10.1 Å². The first-order valence-electron chi connectivity index (χ1n) is 7.76. The van der Waals surface area contributed by atoms with E-state index in [0.717, 1.165) is 16.9 Å². The quantitative estimate of drug-likeness (QED) is 0.704. The van der Waals surface area contributed by atoms with Gasteiger partial charge in [0.05, 0.1) is 0 Å². The number of thiophene rings is 1. The van der Waals surface area contributed by atoms with Gasteiger partial charge in [-0.25, -0.2) is 8.42 Å². The molecule has 2 aromatic heterocycles. The van der Waals surface area contributed by atoms with Crippen LogP contribution in [0, 0.1) is 0 Å². The molecule has 0 unspecified atom stereocenters. The number of nitrogens with one attached hydrogen (secondary N) is 1. The van der Waals surface area contributed by atoms with Crippen LogP contribution in [0.25, 0.3) is 0 Å². The minimum absolute atomic E-state index is 0.144. The fourth-order valence-electron chi connectivity index (χ4n) is 2.36. The monoisotopic (exact) mass is 387 g/mol. The van der Waals surface area contributed by atoms with Crippen molar-refractivity contribution >= 4 is 33.0 Å². The summed E-state index contributed by atoms with van der Waals surface area (Å²) in [7, 11) is -1.87. The fraction of sp³-hybridized carbons (Fsp3) is 0.111. The maximum atomic E-state index is 12.5. The molecule has 0 radical (unpaired) electrons. The zero-order chi connectivity index (χ0) is 18.6. The summed E-state index contributed by atoms with van der Waals surface area (Å²) in [5.74, 6) is -0.144. The Hall–Kier alpha value is -2.71. The van der Waals surface area contributed by atoms with Gasteiger partial charge in [-0.1, -0.05) is 6.07 Å². The Morgan fingerprint density at radius 3 is 2.42 bits per heavy atom. The molecule has 1 N–H and O–H groups in total. The van der Waals surface area contributed by atoms with Gasteiger partial charge in [0.1, 0.15) is 4.21 Å². The number of benzene rings is 1. The summed E-state index contributed by atoms with van der Waals surface area (Å²) in [6.07, 6.45) is 3.37. The van der Waals surface area contributed by atoms with E-state index in [1.807, 2.05) is 12.1 Å². The average molecular weight is 387 g/mol. The number of carbonyl (C=O) groups excluding carboxylic acids is 1. The van der Waals surface area contributed by atoms with E-state index >= 15 is 0 Å². The molecule has 134 valence electrons. The van der Waals surface area contributed by atoms with E-state index in [4.69, 9.17) is 0 Å². The Morgan fingerprint density at radius 1 is 1.12 bits per heavy atom. The van der Waals surface area contributed by atoms with E-state index in [0.29, 0.717) is 17.8 Å². The Balaban J connectivity index is 1.68. The van der Waals surface area contributed by atoms with Gasteiger partial charge < -0.3 is 4.90 Å². The summed E-state index contributed by atoms with van der Waals surface area (Å²) in [6, 6.07) is 13.3. The average Bonchev–Trinajstić information content (AvgIpc) is 3.18. The van der Waals surface area contributed by atoms with Crippen molar-refractivity contribution in [3.05, 3.63) is 77.4 Å². The highest BCUT2D eigenvalue weighted by molar-refractivity contribution is 7.94. The Bertz CT molecular complexity index is 970. The normalized spacial score (nSPS) is 11.1. The van der Waals surface area contributed by atoms with E-state index < -0.39 is 10.0 Å². The number of nitrogens with zero attached hydrogens (tertiary/aromatic N) is 2. The van der Waals surface area contributed by atoms with Crippen LogP contribution >= 0.6 is 11.3 Å². The van der Waals surface area contributed by atoms with Gasteiger partial charge in [0.2, 0.25) is 0 Å². The van der Waals surface area contributed by atoms with Crippen LogP contribution in [0.3, 0.4) is 0 Å². The van der Waals surface area contributed by atoms with E-state index in [9.17, 15) is 13.2 Å². The summed E-state index contributed by atoms with van der Waals surface area (Å²) in [5, 5.41) is 1.70. The van der Waals surface area contributed by atoms with Crippen LogP contribution in [0.2, 0.25) is 0 Å². The number of pyridine rings is 1. The van der Waals surface area contributed by atoms with Crippen molar-refractivity contribution in [2.45, 2.75) is 10.8 Å². The third-order valence-electron chi connectivity index (χ3n) is 3.66. The van der Waals surface area contributed by atoms with Gasteiger partial charge in [-0.15, -0.1) is 11.3 Å². The molecule has 26 heavy (non-hydrogen) atoms. The lowest BCUT2D eigenvalue weighted by atomic mass is 10.1. The maximum absolute atomic E-state index is 12.5. The second-order valence-corrected chi connectivity index (χ2v) is 8.49. The SMILES string of the molecule is CN(Cc1ccncc1)C(=O)c1ccc(NS(=O)(=O)c2cccs2)cc1. The van der Waals surface area contributed by atoms with Gasteiger partial charge in [-0.3, -0.25) is 14.5 Å². The van der Waals surface area contributed by atoms with Crippen LogP contribution < -0.4 is 4.72 Å². The van der Waals surface area contributed by atoms with Crippen LogP contribution in [0.1, 0.15) is 15.9 Å². The molecule has 0 spiro atoms. The standard InChI is InChI=1S/C18H17N3O3S2/c1-21(13-14-8-10-19-11-9-14)18(22)15-4-6-16(7-5-15)20-26(23,24)17-3-2-12-25-17/h2-12,20H,13H2,1H3. The number of anilines is 1. The topological polar surface area (TPSA) is 79.4 Å². The van der Waals surface area contributed by atoms with E-state index in [1.54, 1.807) is 66.1 Å². The molecule has 0 aliphatic heterocycles. The van der Waals surface area contributed by atoms with Crippen LogP contribution in [0.15, 0.2) is 70.5 Å². The summed E-state index contributed by atoms with van der Waals surface area (Å²) in [4.78, 5) is 18.1. The molecule has 1 aromatic carbocycles. The molecular formula is C18H17N3O3S2. The zero-order valence-corrected chi connectivity index (χ0v) is 15.6. The maximum Gasteiger partial charge on any atom is 0.271 e. The van der Waals surface area contributed by atoms with Gasteiger partial charge in [0.15, 0.2) is 0 Å². The second kappa shape index (κ2) is 7.67. The summed E-state index contributed by atoms with van der Waals surface area (Å²) < 4.78 is 27.2. The number of hydrogen-bond acceptors (Lipinski definition) is 5. The van der Waals surface area contributed by atoms with Gasteiger partial charge in [-0.05, 0) is 53.4 Å². The summed E-state index contributed by atoms with van der Waals surface area (Å²) in [6.45, 7) is 0.466. The molecule has 8 heteroatoms. The minimum atomic E-state index is -3.59. The molecule has 0 aliphatic carbocycles. The predicted molar refractivity (Wildman–Crippen MR) is 102 cm³/mol. The van der Waals surface area contributed by atoms with Crippen molar-refractivity contribution in [2.75, 3.05) is 11.8 Å². The highest BCUT2D eigenvalue weighted by atomic mass is 32.2. The Labute approximate surface area is 156 Å². The predicted octanol–water partition coefficient (Wildman–Crippen LogP) is 3.22. The van der Waals surface area contributed by atoms with Crippen molar-refractivity contribution in [3.8, 4) is 0 Å². The molecule has 0 aliphatic rings. The van der Waals surface area contributed by atoms with Gasteiger partial charge >= 0.3 is 0 Å². The Kier molecular flexibility index (Phi) is 5.34. The lowest BCUT2D eigenvalue weighted by Gasteiger charge is -2.17. The van der Waals surface area contributed by atoms with Gasteiger partial charge in [-0.2, -0.15) is 0 Å².